The molecule has 0 aromatic carbocycles. The van der Waals surface area contributed by atoms with Crippen LogP contribution in [-0.2, 0) is 28.5 Å². The van der Waals surface area contributed by atoms with Crippen molar-refractivity contribution >= 4 is 12.3 Å². The van der Waals surface area contributed by atoms with Gasteiger partial charge in [-0.3, -0.25) is 0 Å². The van der Waals surface area contributed by atoms with E-state index in [4.69, 9.17) is 18.9 Å². The fourth-order valence-electron chi connectivity index (χ4n) is 10.00. The quantitative estimate of drug-likeness (QED) is 0.269. The minimum absolute atomic E-state index is 0.0482. The molecule has 39 heavy (non-hydrogen) atoms. The third-order valence-electron chi connectivity index (χ3n) is 12.1. The van der Waals surface area contributed by atoms with Gasteiger partial charge in [0.1, 0.15) is 31.2 Å². The molecule has 5 fully saturated rings. The molecule has 3 N–H and O–H groups in total. The van der Waals surface area contributed by atoms with Crippen LogP contribution < -0.4 is 0 Å². The highest BCUT2D eigenvalue weighted by Gasteiger charge is 2.68. The van der Waals surface area contributed by atoms with Gasteiger partial charge >= 0.3 is 5.97 Å². The molecule has 218 valence electrons. The topological polar surface area (TPSA) is 132 Å². The van der Waals surface area contributed by atoms with E-state index < -0.39 is 41.7 Å². The highest BCUT2D eigenvalue weighted by Crippen LogP contribution is 2.69. The van der Waals surface area contributed by atoms with Gasteiger partial charge in [-0.2, -0.15) is 0 Å². The number of hydrogen-bond acceptors (Lipinski definition) is 9. The summed E-state index contributed by atoms with van der Waals surface area (Å²) in [5, 5.41) is 33.4. The lowest BCUT2D eigenvalue weighted by Crippen LogP contribution is -2.63. The number of aliphatic hydroxyl groups excluding tert-OH is 2. The summed E-state index contributed by atoms with van der Waals surface area (Å²) < 4.78 is 22.6. The van der Waals surface area contributed by atoms with Gasteiger partial charge in [-0.25, -0.2) is 4.79 Å². The highest BCUT2D eigenvalue weighted by molar-refractivity contribution is 5.85. The minimum atomic E-state index is -1.11. The summed E-state index contributed by atoms with van der Waals surface area (Å²) in [5.74, 6) is 0.152. The molecular weight excluding hydrogens is 504 g/mol. The second-order valence-corrected chi connectivity index (χ2v) is 13.4. The van der Waals surface area contributed by atoms with Crippen molar-refractivity contribution in [1.29, 1.82) is 0 Å². The minimum Gasteiger partial charge on any atom is -0.458 e. The maximum Gasteiger partial charge on any atom is 0.331 e. The Hall–Kier alpha value is -1.36. The van der Waals surface area contributed by atoms with Gasteiger partial charge in [0, 0.05) is 24.0 Å². The van der Waals surface area contributed by atoms with Gasteiger partial charge in [-0.15, -0.1) is 0 Å². The van der Waals surface area contributed by atoms with Gasteiger partial charge in [0.25, 0.3) is 0 Å². The molecule has 13 atom stereocenters. The molecule has 0 bridgehead atoms. The van der Waals surface area contributed by atoms with Gasteiger partial charge in [-0.05, 0) is 94.0 Å². The second-order valence-electron chi connectivity index (χ2n) is 13.4. The van der Waals surface area contributed by atoms with Crippen molar-refractivity contribution in [3.8, 4) is 0 Å². The van der Waals surface area contributed by atoms with Crippen molar-refractivity contribution in [2.24, 2.45) is 34.5 Å². The van der Waals surface area contributed by atoms with E-state index in [0.29, 0.717) is 32.3 Å². The predicted molar refractivity (Wildman–Crippen MR) is 138 cm³/mol. The van der Waals surface area contributed by atoms with Crippen LogP contribution in [0, 0.1) is 34.5 Å². The molecule has 9 nitrogen and oxygen atoms in total. The fraction of sp³-hybridized carbons (Fsp3) is 0.867. The van der Waals surface area contributed by atoms with E-state index in [0.717, 1.165) is 37.7 Å². The number of methoxy groups -OCH3 is 1. The van der Waals surface area contributed by atoms with Crippen LogP contribution >= 0.6 is 0 Å². The van der Waals surface area contributed by atoms with E-state index in [1.165, 1.54) is 13.4 Å². The van der Waals surface area contributed by atoms with Gasteiger partial charge in [0.2, 0.25) is 0 Å². The highest BCUT2D eigenvalue weighted by atomic mass is 16.7. The number of fused-ring (bicyclic) bond motifs is 5. The molecule has 4 saturated carbocycles. The lowest BCUT2D eigenvalue weighted by molar-refractivity contribution is -0.312. The van der Waals surface area contributed by atoms with Crippen LogP contribution in [0.15, 0.2) is 11.6 Å². The molecule has 0 radical (unpaired) electrons. The largest absolute Gasteiger partial charge is 0.458 e. The Bertz CT molecular complexity index is 1010. The standard InChI is InChI=1S/C30H44O9/c1-16-24(33)26(36-3)25(34)27(38-16)39-19-6-10-29(15-31)18(13-19)4-5-22-21(29)7-9-28(2)20(8-11-30(22,28)35)17-12-23(32)37-14-17/h12,15-16,18-22,24-27,33-35H,4-11,13-14H2,1-3H3/t16?,18?,19?,20?,21?,22?,24-,25?,26?,27-,28?,29?,30?/m0/s1. The van der Waals surface area contributed by atoms with Crippen LogP contribution in [0.3, 0.4) is 0 Å². The Labute approximate surface area is 230 Å². The zero-order valence-corrected chi connectivity index (χ0v) is 23.3. The Morgan fingerprint density at radius 3 is 2.54 bits per heavy atom. The first-order chi connectivity index (χ1) is 18.6. The van der Waals surface area contributed by atoms with E-state index in [9.17, 15) is 24.9 Å². The van der Waals surface area contributed by atoms with Crippen LogP contribution in [0.25, 0.3) is 0 Å². The van der Waals surface area contributed by atoms with E-state index in [1.54, 1.807) is 13.0 Å². The molecule has 0 aromatic heterocycles. The number of ether oxygens (including phenoxy) is 4. The number of carbonyl (C=O) groups is 2. The molecule has 0 spiro atoms. The average Bonchev–Trinajstić information content (AvgIpc) is 3.47. The molecule has 1 saturated heterocycles. The predicted octanol–water partition coefficient (Wildman–Crippen LogP) is 2.29. The molecule has 0 amide bonds. The lowest BCUT2D eigenvalue weighted by atomic mass is 9.43. The van der Waals surface area contributed by atoms with E-state index in [2.05, 4.69) is 6.92 Å². The van der Waals surface area contributed by atoms with Crippen molar-refractivity contribution < 1.29 is 43.9 Å². The molecule has 2 heterocycles. The summed E-state index contributed by atoms with van der Waals surface area (Å²) in [7, 11) is 1.46. The summed E-state index contributed by atoms with van der Waals surface area (Å²) in [6.45, 7) is 4.25. The second kappa shape index (κ2) is 9.88. The first kappa shape index (κ1) is 27.8. The Kier molecular flexibility index (Phi) is 7.04. The Morgan fingerprint density at radius 1 is 1.05 bits per heavy atom. The Balaban J connectivity index is 1.18. The normalized spacial score (nSPS) is 53.3. The third kappa shape index (κ3) is 4.02. The zero-order chi connectivity index (χ0) is 27.7. The van der Waals surface area contributed by atoms with Crippen molar-refractivity contribution in [1.82, 2.24) is 0 Å². The van der Waals surface area contributed by atoms with Crippen molar-refractivity contribution in [2.45, 2.75) is 114 Å². The van der Waals surface area contributed by atoms with Gasteiger partial charge in [0.15, 0.2) is 6.29 Å². The number of aliphatic hydroxyl groups is 3. The molecule has 6 aliphatic rings. The maximum absolute atomic E-state index is 13.0. The van der Waals surface area contributed by atoms with Crippen LogP contribution in [0.2, 0.25) is 0 Å². The smallest absolute Gasteiger partial charge is 0.331 e. The number of hydrogen-bond donors (Lipinski definition) is 3. The molecule has 4 aliphatic carbocycles. The number of cyclic esters (lactones) is 1. The molecular formula is C30H44O9. The van der Waals surface area contributed by atoms with Crippen LogP contribution in [0.4, 0.5) is 0 Å². The van der Waals surface area contributed by atoms with E-state index >= 15 is 0 Å². The van der Waals surface area contributed by atoms with Gasteiger partial charge < -0.3 is 39.1 Å². The number of rotatable bonds is 5. The number of carbonyl (C=O) groups excluding carboxylic acids is 2. The molecule has 11 unspecified atom stereocenters. The first-order valence-electron chi connectivity index (χ1n) is 14.8. The number of esters is 1. The van der Waals surface area contributed by atoms with Crippen LogP contribution in [-0.4, -0.2) is 83.7 Å². The summed E-state index contributed by atoms with van der Waals surface area (Å²) in [5.41, 5.74) is -0.682. The zero-order valence-electron chi connectivity index (χ0n) is 23.3. The monoisotopic (exact) mass is 548 g/mol. The summed E-state index contributed by atoms with van der Waals surface area (Å²) in [6.07, 6.45) is 5.39. The van der Waals surface area contributed by atoms with Gasteiger partial charge in [0.05, 0.1) is 17.8 Å². The van der Waals surface area contributed by atoms with E-state index in [-0.39, 0.29) is 41.2 Å². The fourth-order valence-corrected chi connectivity index (χ4v) is 10.00. The van der Waals surface area contributed by atoms with Crippen molar-refractivity contribution in [3.63, 3.8) is 0 Å². The van der Waals surface area contributed by atoms with Crippen molar-refractivity contribution in [3.05, 3.63) is 11.6 Å². The summed E-state index contributed by atoms with van der Waals surface area (Å²) in [6, 6.07) is 0. The van der Waals surface area contributed by atoms with Crippen molar-refractivity contribution in [2.75, 3.05) is 13.7 Å². The third-order valence-corrected chi connectivity index (χ3v) is 12.1. The first-order valence-corrected chi connectivity index (χ1v) is 14.8. The molecule has 0 aromatic rings. The van der Waals surface area contributed by atoms with Gasteiger partial charge in [-0.1, -0.05) is 6.92 Å². The van der Waals surface area contributed by atoms with E-state index in [1.807, 2.05) is 0 Å². The number of aldehydes is 1. The maximum atomic E-state index is 13.0. The molecule has 9 heteroatoms. The van der Waals surface area contributed by atoms with Crippen LogP contribution in [0.1, 0.15) is 71.6 Å². The van der Waals surface area contributed by atoms with Crippen LogP contribution in [0.5, 0.6) is 0 Å². The summed E-state index contributed by atoms with van der Waals surface area (Å²) in [4.78, 5) is 24.8. The lowest BCUT2D eigenvalue weighted by Gasteiger charge is -2.63. The average molecular weight is 549 g/mol. The Morgan fingerprint density at radius 2 is 1.85 bits per heavy atom. The SMILES string of the molecule is COC1C(O)[C@H](OC2CCC3(C=O)C(CCC4C3CCC3(C)C(C5=CC(=O)OC5)CCC43O)C2)OC(C)[C@@H]1O. The summed E-state index contributed by atoms with van der Waals surface area (Å²) >= 11 is 0. The molecule has 6 rings (SSSR count). The molecule has 2 aliphatic heterocycles.